The van der Waals surface area contributed by atoms with Crippen molar-refractivity contribution in [1.29, 1.82) is 0 Å². The monoisotopic (exact) mass is 312 g/mol. The second kappa shape index (κ2) is 15.8. The zero-order chi connectivity index (χ0) is 16.6. The van der Waals surface area contributed by atoms with Crippen molar-refractivity contribution in [3.05, 3.63) is 0 Å². The van der Waals surface area contributed by atoms with E-state index in [1.54, 1.807) is 0 Å². The number of hydrogen-bond donors (Lipinski definition) is 0. The van der Waals surface area contributed by atoms with E-state index in [0.717, 1.165) is 18.4 Å². The maximum Gasteiger partial charge on any atom is 0.0580 e. The van der Waals surface area contributed by atoms with Crippen molar-refractivity contribution in [2.45, 2.75) is 118 Å². The predicted molar refractivity (Wildman–Crippen MR) is 100 cm³/mol. The van der Waals surface area contributed by atoms with E-state index in [0.29, 0.717) is 6.10 Å². The van der Waals surface area contributed by atoms with Crippen LogP contribution in [0.2, 0.25) is 0 Å². The molecule has 0 saturated carbocycles. The zero-order valence-corrected chi connectivity index (χ0v) is 16.3. The molecule has 0 fully saturated rings. The van der Waals surface area contributed by atoms with Gasteiger partial charge in [0, 0.05) is 6.61 Å². The van der Waals surface area contributed by atoms with Gasteiger partial charge >= 0.3 is 0 Å². The highest BCUT2D eigenvalue weighted by Crippen LogP contribution is 2.21. The summed E-state index contributed by atoms with van der Waals surface area (Å²) in [7, 11) is 0. The van der Waals surface area contributed by atoms with Gasteiger partial charge < -0.3 is 4.74 Å². The Hall–Kier alpha value is -0.0400. The molecule has 2 unspecified atom stereocenters. The fraction of sp³-hybridized carbons (Fsp3) is 1.00. The van der Waals surface area contributed by atoms with Gasteiger partial charge in [0.15, 0.2) is 0 Å². The lowest BCUT2D eigenvalue weighted by Crippen LogP contribution is -2.19. The summed E-state index contributed by atoms with van der Waals surface area (Å²) in [5, 5.41) is 0. The molecule has 0 rings (SSSR count). The van der Waals surface area contributed by atoms with Gasteiger partial charge in [0.1, 0.15) is 0 Å². The van der Waals surface area contributed by atoms with Crippen molar-refractivity contribution in [3.8, 4) is 0 Å². The summed E-state index contributed by atoms with van der Waals surface area (Å²) >= 11 is 0. The highest BCUT2D eigenvalue weighted by molar-refractivity contribution is 4.66. The Morgan fingerprint density at radius 3 is 1.86 bits per heavy atom. The van der Waals surface area contributed by atoms with Gasteiger partial charge in [-0.25, -0.2) is 0 Å². The smallest absolute Gasteiger partial charge is 0.0580 e. The van der Waals surface area contributed by atoms with Crippen molar-refractivity contribution >= 4 is 0 Å². The third-order valence-electron chi connectivity index (χ3n) is 4.55. The fourth-order valence-corrected chi connectivity index (χ4v) is 3.17. The molecule has 0 spiro atoms. The third-order valence-corrected chi connectivity index (χ3v) is 4.55. The molecule has 0 bridgehead atoms. The summed E-state index contributed by atoms with van der Waals surface area (Å²) in [6.45, 7) is 12.5. The first-order valence-electron chi connectivity index (χ1n) is 10.2. The Morgan fingerprint density at radius 2 is 1.27 bits per heavy atom. The van der Waals surface area contributed by atoms with Crippen LogP contribution >= 0.6 is 0 Å². The Balaban J connectivity index is 3.74. The number of hydrogen-bond acceptors (Lipinski definition) is 1. The van der Waals surface area contributed by atoms with E-state index in [4.69, 9.17) is 4.74 Å². The van der Waals surface area contributed by atoms with Crippen LogP contribution in [0.4, 0.5) is 0 Å². The highest BCUT2D eigenvalue weighted by atomic mass is 16.5. The van der Waals surface area contributed by atoms with Crippen LogP contribution in [0, 0.1) is 11.8 Å². The summed E-state index contributed by atoms with van der Waals surface area (Å²) in [6, 6.07) is 0. The molecule has 1 heteroatoms. The average molecular weight is 313 g/mol. The van der Waals surface area contributed by atoms with Crippen molar-refractivity contribution in [3.63, 3.8) is 0 Å². The van der Waals surface area contributed by atoms with E-state index in [1.807, 2.05) is 0 Å². The number of ether oxygens (including phenoxy) is 1. The molecule has 0 N–H and O–H groups in total. The standard InChI is InChI=1S/C21H44O/c1-6-8-10-11-12-13-14-15-20(5)18-21(17-19(3)4)22-16-9-7-2/h19-21H,6-18H2,1-5H3. The maximum absolute atomic E-state index is 6.14. The summed E-state index contributed by atoms with van der Waals surface area (Å²) < 4.78 is 6.14. The first-order valence-corrected chi connectivity index (χ1v) is 10.2. The molecule has 0 aromatic carbocycles. The molecular weight excluding hydrogens is 268 g/mol. The van der Waals surface area contributed by atoms with Crippen molar-refractivity contribution in [2.24, 2.45) is 11.8 Å². The zero-order valence-electron chi connectivity index (χ0n) is 16.3. The Labute approximate surface area is 141 Å². The highest BCUT2D eigenvalue weighted by Gasteiger charge is 2.15. The van der Waals surface area contributed by atoms with E-state index in [9.17, 15) is 0 Å². The minimum absolute atomic E-state index is 0.492. The molecule has 0 aromatic heterocycles. The lowest BCUT2D eigenvalue weighted by atomic mass is 9.92. The molecule has 0 heterocycles. The van der Waals surface area contributed by atoms with Crippen molar-refractivity contribution in [1.82, 2.24) is 0 Å². The van der Waals surface area contributed by atoms with E-state index >= 15 is 0 Å². The molecule has 0 aromatic rings. The van der Waals surface area contributed by atoms with Gasteiger partial charge in [-0.05, 0) is 31.1 Å². The third kappa shape index (κ3) is 14.9. The van der Waals surface area contributed by atoms with Crippen LogP contribution in [0.15, 0.2) is 0 Å². The van der Waals surface area contributed by atoms with Gasteiger partial charge in [0.05, 0.1) is 6.10 Å². The first kappa shape index (κ1) is 22.0. The topological polar surface area (TPSA) is 9.23 Å². The van der Waals surface area contributed by atoms with Crippen molar-refractivity contribution in [2.75, 3.05) is 6.61 Å². The van der Waals surface area contributed by atoms with E-state index in [1.165, 1.54) is 77.0 Å². The summed E-state index contributed by atoms with van der Waals surface area (Å²) in [6.07, 6.45) is 16.8. The van der Waals surface area contributed by atoms with E-state index in [-0.39, 0.29) is 0 Å². The number of rotatable bonds is 16. The van der Waals surface area contributed by atoms with Gasteiger partial charge in [0.2, 0.25) is 0 Å². The molecule has 134 valence electrons. The summed E-state index contributed by atoms with van der Waals surface area (Å²) in [5.41, 5.74) is 0. The molecule has 0 aliphatic rings. The number of unbranched alkanes of at least 4 members (excludes halogenated alkanes) is 7. The van der Waals surface area contributed by atoms with Crippen LogP contribution in [0.3, 0.4) is 0 Å². The SMILES string of the molecule is CCCCCCCCCC(C)CC(CC(C)C)OCCCC. The fourth-order valence-electron chi connectivity index (χ4n) is 3.17. The summed E-state index contributed by atoms with van der Waals surface area (Å²) in [4.78, 5) is 0. The van der Waals surface area contributed by atoms with E-state index < -0.39 is 0 Å². The quantitative estimate of drug-likeness (QED) is 0.270. The molecule has 1 nitrogen and oxygen atoms in total. The Bertz CT molecular complexity index is 212. The average Bonchev–Trinajstić information content (AvgIpc) is 2.46. The lowest BCUT2D eigenvalue weighted by molar-refractivity contribution is 0.0218. The first-order chi connectivity index (χ1) is 10.6. The molecule has 22 heavy (non-hydrogen) atoms. The van der Waals surface area contributed by atoms with Gasteiger partial charge in [-0.3, -0.25) is 0 Å². The van der Waals surface area contributed by atoms with Gasteiger partial charge in [-0.15, -0.1) is 0 Å². The minimum atomic E-state index is 0.492. The Kier molecular flexibility index (Phi) is 15.8. The molecule has 0 aliphatic heterocycles. The second-order valence-corrected chi connectivity index (χ2v) is 7.73. The second-order valence-electron chi connectivity index (χ2n) is 7.73. The van der Waals surface area contributed by atoms with Crippen LogP contribution in [0.1, 0.15) is 112 Å². The Morgan fingerprint density at radius 1 is 0.682 bits per heavy atom. The largest absolute Gasteiger partial charge is 0.378 e. The van der Waals surface area contributed by atoms with Crippen LogP contribution in [0.25, 0.3) is 0 Å². The van der Waals surface area contributed by atoms with Gasteiger partial charge in [0.25, 0.3) is 0 Å². The van der Waals surface area contributed by atoms with Gasteiger partial charge in [-0.1, -0.05) is 92.4 Å². The predicted octanol–water partition coefficient (Wildman–Crippen LogP) is 7.38. The van der Waals surface area contributed by atoms with Gasteiger partial charge in [-0.2, -0.15) is 0 Å². The molecular formula is C21H44O. The van der Waals surface area contributed by atoms with E-state index in [2.05, 4.69) is 34.6 Å². The van der Waals surface area contributed by atoms with Crippen LogP contribution < -0.4 is 0 Å². The van der Waals surface area contributed by atoms with Crippen LogP contribution in [-0.2, 0) is 4.74 Å². The molecule has 2 atom stereocenters. The molecule has 0 saturated heterocycles. The molecule has 0 amide bonds. The maximum atomic E-state index is 6.14. The normalized spacial score (nSPS) is 14.5. The summed E-state index contributed by atoms with van der Waals surface area (Å²) in [5.74, 6) is 1.57. The van der Waals surface area contributed by atoms with Crippen LogP contribution in [-0.4, -0.2) is 12.7 Å². The van der Waals surface area contributed by atoms with Crippen LogP contribution in [0.5, 0.6) is 0 Å². The molecule has 0 radical (unpaired) electrons. The minimum Gasteiger partial charge on any atom is -0.378 e. The van der Waals surface area contributed by atoms with Crippen molar-refractivity contribution < 1.29 is 4.74 Å². The molecule has 0 aliphatic carbocycles. The lowest BCUT2D eigenvalue weighted by Gasteiger charge is -2.23.